The van der Waals surface area contributed by atoms with Gasteiger partial charge in [-0.3, -0.25) is 19.7 Å². The molecule has 2 N–H and O–H groups in total. The number of carbonyl (C=O) groups excluding carboxylic acids is 4. The Kier molecular flexibility index (Phi) is 11.6. The molecule has 0 bridgehead atoms. The van der Waals surface area contributed by atoms with Gasteiger partial charge in [-0.25, -0.2) is 4.79 Å². The second-order valence-corrected chi connectivity index (χ2v) is 17.9. The Morgan fingerprint density at radius 1 is 1.00 bits per heavy atom. The Labute approximate surface area is 317 Å². The second kappa shape index (κ2) is 14.8. The van der Waals surface area contributed by atoms with Crippen LogP contribution < -0.4 is 10.6 Å². The number of rotatable bonds is 12. The van der Waals surface area contributed by atoms with Crippen molar-refractivity contribution in [2.45, 2.75) is 169 Å². The lowest BCUT2D eigenvalue weighted by Gasteiger charge is -2.53. The topological polar surface area (TPSA) is 121 Å². The molecule has 0 aromatic carbocycles. The van der Waals surface area contributed by atoms with E-state index in [4.69, 9.17) is 21.2 Å². The van der Waals surface area contributed by atoms with Gasteiger partial charge in [0.2, 0.25) is 0 Å². The normalized spacial score (nSPS) is 35.9. The van der Waals surface area contributed by atoms with Crippen LogP contribution in [0.2, 0.25) is 0 Å². The molecule has 3 amide bonds. The number of hydrogen-bond donors (Lipinski definition) is 2. The molecule has 10 nitrogen and oxygen atoms in total. The zero-order valence-electron chi connectivity index (χ0n) is 33.7. The predicted molar refractivity (Wildman–Crippen MR) is 203 cm³/mol. The van der Waals surface area contributed by atoms with Crippen LogP contribution in [0.25, 0.3) is 0 Å². The minimum atomic E-state index is -1.84. The molecule has 2 spiro atoms. The van der Waals surface area contributed by atoms with E-state index in [-0.39, 0.29) is 51.8 Å². The number of epoxide rings is 1. The Hall–Kier alpha value is -2.27. The van der Waals surface area contributed by atoms with Gasteiger partial charge < -0.3 is 19.8 Å². The van der Waals surface area contributed by atoms with Gasteiger partial charge in [0.15, 0.2) is 16.9 Å². The number of imide groups is 1. The number of hydrogen-bond acceptors (Lipinski definition) is 8. The molecule has 0 aromatic heterocycles. The largest absolute Gasteiger partial charge is 0.433 e. The number of halogens is 1. The third-order valence-corrected chi connectivity index (χ3v) is 15.1. The van der Waals surface area contributed by atoms with Crippen molar-refractivity contribution < 1.29 is 28.8 Å². The number of nitrogens with one attached hydrogen (secondary N) is 2. The van der Waals surface area contributed by atoms with E-state index < -0.39 is 34.5 Å². The molecule has 52 heavy (non-hydrogen) atoms. The van der Waals surface area contributed by atoms with Crippen molar-refractivity contribution in [3.63, 3.8) is 0 Å². The number of hydroxylamine groups is 2. The molecule has 8 atom stereocenters. The summed E-state index contributed by atoms with van der Waals surface area (Å²) in [6.45, 7) is 25.8. The molecule has 4 fully saturated rings. The molecule has 2 aliphatic heterocycles. The molecule has 3 aliphatic carbocycles. The first kappa shape index (κ1) is 40.9. The molecule has 292 valence electrons. The smallest absolute Gasteiger partial charge is 0.352 e. The fraction of sp³-hybridized carbons (Fsp3) is 0.805. The Balaban J connectivity index is 1.56. The van der Waals surface area contributed by atoms with E-state index in [1.807, 2.05) is 13.8 Å². The van der Waals surface area contributed by atoms with Crippen LogP contribution in [0, 0.1) is 28.6 Å². The fourth-order valence-electron chi connectivity index (χ4n) is 10.6. The van der Waals surface area contributed by atoms with Gasteiger partial charge in [-0.05, 0) is 98.6 Å². The standard InChI is InChI=1S/C41H65ClN4O6/c1-12-28-33(42)30(47)24-32(41(28)35(49)44-36(50)51-46(41)29-19-18-27(22-25(29)7)45(16-5)17-6)43-34(48)39(15-4)40(52-39)21-20-26(37(8,9)13-2)23-31(40)38(10,11)14-3/h24-27,29,31H,12-23H2,1-11H3,(H,43,48)(H,44,49,50). The summed E-state index contributed by atoms with van der Waals surface area (Å²) in [6, 6.07) is -0.0261. The first-order valence-electron chi connectivity index (χ1n) is 20.1. The summed E-state index contributed by atoms with van der Waals surface area (Å²) < 4.78 is 6.85. The first-order valence-corrected chi connectivity index (χ1v) is 20.5. The molecule has 0 aromatic rings. The highest BCUT2D eigenvalue weighted by atomic mass is 35.5. The highest BCUT2D eigenvalue weighted by molar-refractivity contribution is 6.45. The molecule has 2 saturated heterocycles. The summed E-state index contributed by atoms with van der Waals surface area (Å²) in [5, 5.41) is 6.87. The molecule has 2 heterocycles. The van der Waals surface area contributed by atoms with Gasteiger partial charge in [-0.15, -0.1) is 5.06 Å². The van der Waals surface area contributed by atoms with Crippen molar-refractivity contribution in [1.29, 1.82) is 0 Å². The van der Waals surface area contributed by atoms with Gasteiger partial charge >= 0.3 is 6.09 Å². The van der Waals surface area contributed by atoms with E-state index in [2.05, 4.69) is 77.8 Å². The summed E-state index contributed by atoms with van der Waals surface area (Å²) in [7, 11) is 0. The van der Waals surface area contributed by atoms with E-state index in [1.54, 1.807) is 0 Å². The van der Waals surface area contributed by atoms with Crippen LogP contribution in [-0.4, -0.2) is 75.6 Å². The monoisotopic (exact) mass is 744 g/mol. The van der Waals surface area contributed by atoms with Crippen molar-refractivity contribution >= 4 is 35.3 Å². The number of nitrogens with zero attached hydrogens (tertiary/aromatic N) is 2. The first-order chi connectivity index (χ1) is 24.4. The molecular weight excluding hydrogens is 680 g/mol. The van der Waals surface area contributed by atoms with Crippen molar-refractivity contribution in [1.82, 2.24) is 20.6 Å². The van der Waals surface area contributed by atoms with Gasteiger partial charge in [0, 0.05) is 12.1 Å². The molecule has 11 heteroatoms. The highest BCUT2D eigenvalue weighted by Gasteiger charge is 2.78. The molecule has 5 aliphatic rings. The lowest BCUT2D eigenvalue weighted by Crippen LogP contribution is -2.73. The fourth-order valence-corrected chi connectivity index (χ4v) is 10.9. The minimum absolute atomic E-state index is 0.0120. The van der Waals surface area contributed by atoms with Crippen LogP contribution >= 0.6 is 11.6 Å². The van der Waals surface area contributed by atoms with Crippen LogP contribution in [0.4, 0.5) is 4.79 Å². The number of ketones is 1. The maximum Gasteiger partial charge on any atom is 0.433 e. The number of amides is 3. The van der Waals surface area contributed by atoms with Crippen molar-refractivity contribution in [2.24, 2.45) is 28.6 Å². The Morgan fingerprint density at radius 3 is 2.21 bits per heavy atom. The summed E-state index contributed by atoms with van der Waals surface area (Å²) >= 11 is 6.79. The molecule has 8 unspecified atom stereocenters. The zero-order chi connectivity index (χ0) is 38.6. The van der Waals surface area contributed by atoms with Crippen molar-refractivity contribution in [3.05, 3.63) is 22.4 Å². The average Bonchev–Trinajstić information content (AvgIpc) is 3.76. The Bertz CT molecular complexity index is 1500. The molecule has 5 rings (SSSR count). The van der Waals surface area contributed by atoms with Crippen LogP contribution in [0.3, 0.4) is 0 Å². The third kappa shape index (κ3) is 6.29. The van der Waals surface area contributed by atoms with Crippen LogP contribution in [-0.2, 0) is 24.0 Å². The van der Waals surface area contributed by atoms with E-state index in [0.717, 1.165) is 58.0 Å². The maximum atomic E-state index is 15.0. The summed E-state index contributed by atoms with van der Waals surface area (Å²) in [5.41, 5.74) is -3.27. The van der Waals surface area contributed by atoms with Gasteiger partial charge in [0.1, 0.15) is 5.60 Å². The quantitative estimate of drug-likeness (QED) is 0.194. The van der Waals surface area contributed by atoms with Crippen LogP contribution in [0.5, 0.6) is 0 Å². The number of allylic oxidation sites excluding steroid dienone is 2. The maximum absolute atomic E-state index is 15.0. The number of carbonyl (C=O) groups is 4. The van der Waals surface area contributed by atoms with E-state index in [0.29, 0.717) is 30.4 Å². The van der Waals surface area contributed by atoms with Gasteiger partial charge in [-0.1, -0.05) is 101 Å². The SMILES string of the molecule is CCC1=C(Cl)C(=O)C=C(NC(=O)C2(CC)OC23CCC(C(C)(C)CC)CC3C(C)(C)CC)C12C(=O)NC(=O)ON2C1CCC(N(CC)CC)CC1C. The highest BCUT2D eigenvalue weighted by Crippen LogP contribution is 2.67. The number of ether oxygens (including phenoxy) is 1. The lowest BCUT2D eigenvalue weighted by molar-refractivity contribution is -0.214. The summed E-state index contributed by atoms with van der Waals surface area (Å²) in [5.74, 6) is -0.955. The second-order valence-electron chi connectivity index (χ2n) is 17.5. The van der Waals surface area contributed by atoms with Crippen LogP contribution in [0.1, 0.15) is 140 Å². The molecular formula is C41H65ClN4O6. The summed E-state index contributed by atoms with van der Waals surface area (Å²) in [6.07, 6.45) is 7.99. The molecule has 0 radical (unpaired) electrons. The van der Waals surface area contributed by atoms with Gasteiger partial charge in [-0.2, -0.15) is 0 Å². The lowest BCUT2D eigenvalue weighted by atomic mass is 9.54. The third-order valence-electron chi connectivity index (χ3n) is 14.6. The summed E-state index contributed by atoms with van der Waals surface area (Å²) in [4.78, 5) is 64.6. The molecule has 2 saturated carbocycles. The van der Waals surface area contributed by atoms with Crippen LogP contribution in [0.15, 0.2) is 22.4 Å². The van der Waals surface area contributed by atoms with E-state index in [9.17, 15) is 14.4 Å². The Morgan fingerprint density at radius 2 is 1.65 bits per heavy atom. The average molecular weight is 745 g/mol. The van der Waals surface area contributed by atoms with E-state index in [1.165, 1.54) is 11.1 Å². The van der Waals surface area contributed by atoms with E-state index >= 15 is 4.79 Å². The zero-order valence-corrected chi connectivity index (χ0v) is 34.4. The van der Waals surface area contributed by atoms with Gasteiger partial charge in [0.25, 0.3) is 11.8 Å². The van der Waals surface area contributed by atoms with Crippen molar-refractivity contribution in [3.8, 4) is 0 Å². The van der Waals surface area contributed by atoms with Crippen molar-refractivity contribution in [2.75, 3.05) is 13.1 Å². The predicted octanol–water partition coefficient (Wildman–Crippen LogP) is 7.80. The minimum Gasteiger partial charge on any atom is -0.352 e. The van der Waals surface area contributed by atoms with Gasteiger partial charge in [0.05, 0.1) is 16.8 Å².